The van der Waals surface area contributed by atoms with Crippen LogP contribution in [0.3, 0.4) is 0 Å². The summed E-state index contributed by atoms with van der Waals surface area (Å²) in [6.45, 7) is 7.63. The number of pyridine rings is 1. The van der Waals surface area contributed by atoms with Crippen LogP contribution >= 0.6 is 0 Å². The SMILES string of the molecule is CCCC[N+](C)(C)Cc1ccc2c(c1)c(C(=O)Oc1c(C)cc(C(=O)O)cc1C)c1ccccc1[n+]2CCCS(=O)(=O)O. The van der Waals surface area contributed by atoms with Gasteiger partial charge in [-0.05, 0) is 61.7 Å². The van der Waals surface area contributed by atoms with Crippen molar-refractivity contribution in [1.82, 2.24) is 0 Å². The molecule has 1 heterocycles. The summed E-state index contributed by atoms with van der Waals surface area (Å²) < 4.78 is 41.1. The van der Waals surface area contributed by atoms with E-state index >= 15 is 0 Å². The van der Waals surface area contributed by atoms with E-state index in [0.717, 1.165) is 47.0 Å². The number of aryl methyl sites for hydroxylation is 3. The number of carboxylic acids is 1. The second-order valence-electron chi connectivity index (χ2n) is 11.8. The second-order valence-corrected chi connectivity index (χ2v) is 13.4. The molecule has 0 spiro atoms. The van der Waals surface area contributed by atoms with Crippen LogP contribution in [0.4, 0.5) is 0 Å². The van der Waals surface area contributed by atoms with Gasteiger partial charge >= 0.3 is 11.9 Å². The number of esters is 1. The highest BCUT2D eigenvalue weighted by Gasteiger charge is 2.28. The van der Waals surface area contributed by atoms with Crippen LogP contribution in [0.15, 0.2) is 54.6 Å². The fourth-order valence-corrected chi connectivity index (χ4v) is 6.21. The van der Waals surface area contributed by atoms with E-state index in [1.807, 2.05) is 47.0 Å². The Kier molecular flexibility index (Phi) is 9.54. The van der Waals surface area contributed by atoms with E-state index in [-0.39, 0.29) is 17.7 Å². The minimum absolute atomic E-state index is 0.116. The van der Waals surface area contributed by atoms with Crippen LogP contribution in [-0.4, -0.2) is 60.9 Å². The molecule has 9 nitrogen and oxygen atoms in total. The van der Waals surface area contributed by atoms with Crippen LogP contribution in [0.1, 0.15) is 63.6 Å². The number of carbonyl (C=O) groups excluding carboxylic acids is 1. The number of fused-ring (bicyclic) bond motifs is 2. The quantitative estimate of drug-likeness (QED) is 0.0546. The normalized spacial score (nSPS) is 12.1. The Bertz CT molecular complexity index is 1790. The van der Waals surface area contributed by atoms with Crippen LogP contribution in [-0.2, 0) is 23.2 Å². The number of aromatic nitrogens is 1. The third-order valence-corrected chi connectivity index (χ3v) is 8.51. The summed E-state index contributed by atoms with van der Waals surface area (Å²) in [6, 6.07) is 16.4. The van der Waals surface area contributed by atoms with Crippen LogP contribution in [0, 0.1) is 13.8 Å². The lowest BCUT2D eigenvalue weighted by Gasteiger charge is -2.30. The number of unbranched alkanes of at least 4 members (excludes halogenated alkanes) is 1. The predicted octanol–water partition coefficient (Wildman–Crippen LogP) is 5.47. The molecule has 0 amide bonds. The number of nitrogens with zero attached hydrogens (tertiary/aromatic N) is 2. The molecule has 0 bridgehead atoms. The highest BCUT2D eigenvalue weighted by atomic mass is 32.2. The molecule has 228 valence electrons. The summed E-state index contributed by atoms with van der Waals surface area (Å²) in [5.74, 6) is -1.70. The fraction of sp³-hybridized carbons (Fsp3) is 0.364. The number of rotatable bonds is 12. The monoisotopic (exact) mass is 608 g/mol. The van der Waals surface area contributed by atoms with Crippen molar-refractivity contribution >= 4 is 43.9 Å². The molecule has 10 heteroatoms. The smallest absolute Gasteiger partial charge is 0.345 e. The van der Waals surface area contributed by atoms with Gasteiger partial charge in [0, 0.05) is 24.1 Å². The van der Waals surface area contributed by atoms with Gasteiger partial charge in [0.05, 0.1) is 48.3 Å². The molecule has 0 radical (unpaired) electrons. The molecule has 4 rings (SSSR count). The molecule has 0 fully saturated rings. The molecule has 0 unspecified atom stereocenters. The van der Waals surface area contributed by atoms with Crippen LogP contribution < -0.4 is 9.30 Å². The summed E-state index contributed by atoms with van der Waals surface area (Å²) in [5.41, 5.74) is 4.05. The first-order valence-corrected chi connectivity index (χ1v) is 16.0. The molecule has 0 aliphatic carbocycles. The molecule has 2 N–H and O–H groups in total. The van der Waals surface area contributed by atoms with Gasteiger partial charge in [-0.1, -0.05) is 25.5 Å². The largest absolute Gasteiger partial charge is 0.478 e. The number of aromatic carboxylic acids is 1. The minimum Gasteiger partial charge on any atom is -0.478 e. The number of carboxylic acid groups (broad SMARTS) is 1. The molecule has 4 aromatic rings. The third-order valence-electron chi connectivity index (χ3n) is 7.70. The van der Waals surface area contributed by atoms with Gasteiger partial charge in [0.15, 0.2) is 6.54 Å². The van der Waals surface area contributed by atoms with E-state index in [9.17, 15) is 27.7 Å². The second kappa shape index (κ2) is 12.8. The van der Waals surface area contributed by atoms with Gasteiger partial charge < -0.3 is 14.3 Å². The molecule has 43 heavy (non-hydrogen) atoms. The maximum absolute atomic E-state index is 14.1. The summed E-state index contributed by atoms with van der Waals surface area (Å²) in [5, 5.41) is 10.8. The molecule has 3 aromatic carbocycles. The van der Waals surface area contributed by atoms with E-state index in [4.69, 9.17) is 4.74 Å². The summed E-state index contributed by atoms with van der Waals surface area (Å²) >= 11 is 0. The van der Waals surface area contributed by atoms with Gasteiger partial charge in [-0.25, -0.2) is 9.59 Å². The van der Waals surface area contributed by atoms with Crippen molar-refractivity contribution in [2.75, 3.05) is 26.4 Å². The van der Waals surface area contributed by atoms with Crippen molar-refractivity contribution in [3.8, 4) is 5.75 Å². The first-order chi connectivity index (χ1) is 20.2. The zero-order valence-corrected chi connectivity index (χ0v) is 26.2. The summed E-state index contributed by atoms with van der Waals surface area (Å²) in [7, 11) is 0.221. The first-order valence-electron chi connectivity index (χ1n) is 14.4. The van der Waals surface area contributed by atoms with E-state index in [1.54, 1.807) is 13.8 Å². The number of hydrogen-bond donors (Lipinski definition) is 2. The number of quaternary nitrogens is 1. The maximum atomic E-state index is 14.1. The Morgan fingerprint density at radius 3 is 2.21 bits per heavy atom. The van der Waals surface area contributed by atoms with E-state index < -0.39 is 22.1 Å². The average Bonchev–Trinajstić information content (AvgIpc) is 2.92. The van der Waals surface area contributed by atoms with Crippen molar-refractivity contribution in [1.29, 1.82) is 0 Å². The Morgan fingerprint density at radius 1 is 0.930 bits per heavy atom. The lowest BCUT2D eigenvalue weighted by Crippen LogP contribution is -2.40. The first kappa shape index (κ1) is 32.1. The topological polar surface area (TPSA) is 122 Å². The number of hydrogen-bond acceptors (Lipinski definition) is 5. The van der Waals surface area contributed by atoms with Crippen molar-refractivity contribution in [3.05, 3.63) is 82.4 Å². The van der Waals surface area contributed by atoms with E-state index in [2.05, 4.69) is 21.0 Å². The Hall–Kier alpha value is -3.86. The Morgan fingerprint density at radius 2 is 1.58 bits per heavy atom. The van der Waals surface area contributed by atoms with Crippen molar-refractivity contribution in [2.45, 2.75) is 53.1 Å². The maximum Gasteiger partial charge on any atom is 0.345 e. The van der Waals surface area contributed by atoms with Gasteiger partial charge in [0.1, 0.15) is 12.3 Å². The average molecular weight is 609 g/mol. The van der Waals surface area contributed by atoms with Crippen LogP contribution in [0.5, 0.6) is 5.75 Å². The lowest BCUT2D eigenvalue weighted by atomic mass is 9.99. The number of ether oxygens (including phenoxy) is 1. The van der Waals surface area contributed by atoms with E-state index in [1.165, 1.54) is 12.1 Å². The summed E-state index contributed by atoms with van der Waals surface area (Å²) in [6.07, 6.45) is 2.37. The highest BCUT2D eigenvalue weighted by molar-refractivity contribution is 7.85. The van der Waals surface area contributed by atoms with Crippen LogP contribution in [0.2, 0.25) is 0 Å². The Balaban J connectivity index is 1.91. The fourth-order valence-electron chi connectivity index (χ4n) is 5.72. The lowest BCUT2D eigenvalue weighted by molar-refractivity contribution is -0.903. The van der Waals surface area contributed by atoms with Gasteiger partial charge in [-0.15, -0.1) is 0 Å². The van der Waals surface area contributed by atoms with E-state index in [0.29, 0.717) is 39.8 Å². The van der Waals surface area contributed by atoms with Gasteiger partial charge in [0.2, 0.25) is 11.0 Å². The number of para-hydroxylation sites is 1. The van der Waals surface area contributed by atoms with Gasteiger partial charge in [-0.2, -0.15) is 13.0 Å². The number of benzene rings is 3. The predicted molar refractivity (Wildman–Crippen MR) is 166 cm³/mol. The molecule has 0 atom stereocenters. The molecular weight excluding hydrogens is 568 g/mol. The number of carbonyl (C=O) groups is 2. The zero-order valence-electron chi connectivity index (χ0n) is 25.4. The highest BCUT2D eigenvalue weighted by Crippen LogP contribution is 2.31. The molecule has 0 saturated heterocycles. The Labute approximate surface area is 252 Å². The van der Waals surface area contributed by atoms with Crippen molar-refractivity contribution in [2.24, 2.45) is 0 Å². The molecule has 1 aromatic heterocycles. The van der Waals surface area contributed by atoms with Gasteiger partial charge in [-0.3, -0.25) is 4.55 Å². The summed E-state index contributed by atoms with van der Waals surface area (Å²) in [4.78, 5) is 25.6. The molecular formula is C33H40N2O7S+2. The molecule has 0 aliphatic heterocycles. The third kappa shape index (κ3) is 7.57. The zero-order chi connectivity index (χ0) is 31.5. The molecule has 0 aliphatic rings. The minimum atomic E-state index is -4.13. The molecule has 0 saturated carbocycles. The standard InChI is InChI=1S/C33H38N2O7S/c1-6-7-16-35(4,5)21-24-13-14-29-27(20-24)30(33(38)42-31-22(2)18-25(32(36)37)19-23(31)3)26-11-8-9-12-28(26)34(29)15-10-17-43(39,40)41/h8-9,11-14,18-20H,6-7,10,15-17,21H2,1-5H3/p+2. The van der Waals surface area contributed by atoms with Gasteiger partial charge in [0.25, 0.3) is 10.1 Å². The van der Waals surface area contributed by atoms with Crippen LogP contribution in [0.25, 0.3) is 21.8 Å². The van der Waals surface area contributed by atoms with Crippen molar-refractivity contribution < 1.29 is 41.5 Å². The van der Waals surface area contributed by atoms with Crippen molar-refractivity contribution in [3.63, 3.8) is 0 Å².